The molecule has 1 aromatic rings. The molecule has 2 rings (SSSR count). The van der Waals surface area contributed by atoms with E-state index in [0.29, 0.717) is 12.5 Å². The van der Waals surface area contributed by atoms with Crippen LogP contribution in [0.25, 0.3) is 0 Å². The van der Waals surface area contributed by atoms with Crippen molar-refractivity contribution < 1.29 is 9.53 Å². The van der Waals surface area contributed by atoms with Crippen LogP contribution in [0.3, 0.4) is 0 Å². The lowest BCUT2D eigenvalue weighted by atomic mass is 9.94. The van der Waals surface area contributed by atoms with Gasteiger partial charge in [-0.2, -0.15) is 0 Å². The molecule has 5 heteroatoms. The van der Waals surface area contributed by atoms with Crippen molar-refractivity contribution in [2.75, 3.05) is 13.1 Å². The molecule has 0 aliphatic carbocycles. The zero-order valence-corrected chi connectivity index (χ0v) is 13.8. The molecule has 0 N–H and O–H groups in total. The van der Waals surface area contributed by atoms with E-state index in [1.165, 1.54) is 0 Å². The first kappa shape index (κ1) is 15.3. The summed E-state index contributed by atoms with van der Waals surface area (Å²) in [7, 11) is 0. The van der Waals surface area contributed by atoms with E-state index < -0.39 is 5.60 Å². The Hall–Kier alpha value is -1.10. The highest BCUT2D eigenvalue weighted by Gasteiger charge is 2.28. The first-order valence-electron chi connectivity index (χ1n) is 6.94. The molecule has 1 fully saturated rings. The van der Waals surface area contributed by atoms with E-state index in [1.54, 1.807) is 4.90 Å². The molecule has 0 spiro atoms. The van der Waals surface area contributed by atoms with Crippen LogP contribution in [0.2, 0.25) is 0 Å². The van der Waals surface area contributed by atoms with Crippen molar-refractivity contribution in [1.29, 1.82) is 0 Å². The van der Waals surface area contributed by atoms with Gasteiger partial charge in [0.05, 0.1) is 0 Å². The third kappa shape index (κ3) is 4.20. The minimum absolute atomic E-state index is 0.223. The number of carbonyl (C=O) groups is 1. The third-order valence-electron chi connectivity index (χ3n) is 3.24. The standard InChI is InChI=1S/C15H21BrN2O2/c1-15(2,3)20-14(19)18-8-4-5-11(10-18)13-7-6-12(16)9-17-13/h6-7,9,11H,4-5,8,10H2,1-3H3. The van der Waals surface area contributed by atoms with Gasteiger partial charge in [-0.25, -0.2) is 4.79 Å². The second-order valence-corrected chi connectivity index (χ2v) is 7.08. The highest BCUT2D eigenvalue weighted by Crippen LogP contribution is 2.27. The van der Waals surface area contributed by atoms with Gasteiger partial charge in [-0.05, 0) is 61.7 Å². The van der Waals surface area contributed by atoms with E-state index in [2.05, 4.69) is 20.9 Å². The number of ether oxygens (including phenoxy) is 1. The van der Waals surface area contributed by atoms with Gasteiger partial charge < -0.3 is 9.64 Å². The minimum Gasteiger partial charge on any atom is -0.444 e. The van der Waals surface area contributed by atoms with E-state index >= 15 is 0 Å². The van der Waals surface area contributed by atoms with Crippen LogP contribution >= 0.6 is 15.9 Å². The normalized spacial score (nSPS) is 19.8. The smallest absolute Gasteiger partial charge is 0.410 e. The van der Waals surface area contributed by atoms with Crippen molar-refractivity contribution >= 4 is 22.0 Å². The maximum atomic E-state index is 12.1. The first-order chi connectivity index (χ1) is 9.35. The Morgan fingerprint density at radius 1 is 1.45 bits per heavy atom. The number of pyridine rings is 1. The van der Waals surface area contributed by atoms with E-state index in [4.69, 9.17) is 4.74 Å². The number of piperidine rings is 1. The summed E-state index contributed by atoms with van der Waals surface area (Å²) in [5, 5.41) is 0. The summed E-state index contributed by atoms with van der Waals surface area (Å²) < 4.78 is 6.41. The van der Waals surface area contributed by atoms with E-state index in [9.17, 15) is 4.79 Å². The summed E-state index contributed by atoms with van der Waals surface area (Å²) in [5.74, 6) is 0.296. The van der Waals surface area contributed by atoms with Crippen LogP contribution < -0.4 is 0 Å². The Bertz CT molecular complexity index is 468. The van der Waals surface area contributed by atoms with Crippen molar-refractivity contribution in [3.63, 3.8) is 0 Å². The molecule has 0 saturated carbocycles. The van der Waals surface area contributed by atoms with Crippen LogP contribution in [-0.4, -0.2) is 34.7 Å². The Morgan fingerprint density at radius 3 is 2.80 bits per heavy atom. The average molecular weight is 341 g/mol. The maximum absolute atomic E-state index is 12.1. The van der Waals surface area contributed by atoms with Crippen molar-refractivity contribution in [2.45, 2.75) is 45.1 Å². The fourth-order valence-corrected chi connectivity index (χ4v) is 2.57. The summed E-state index contributed by atoms with van der Waals surface area (Å²) >= 11 is 3.39. The van der Waals surface area contributed by atoms with Gasteiger partial charge in [0.25, 0.3) is 0 Å². The number of hydrogen-bond acceptors (Lipinski definition) is 3. The molecule has 4 nitrogen and oxygen atoms in total. The topological polar surface area (TPSA) is 42.4 Å². The first-order valence-corrected chi connectivity index (χ1v) is 7.74. The van der Waals surface area contributed by atoms with E-state index in [-0.39, 0.29) is 6.09 Å². The highest BCUT2D eigenvalue weighted by atomic mass is 79.9. The largest absolute Gasteiger partial charge is 0.444 e. The zero-order valence-electron chi connectivity index (χ0n) is 12.2. The van der Waals surface area contributed by atoms with Gasteiger partial charge in [0.15, 0.2) is 0 Å². The Labute approximate surface area is 128 Å². The molecule has 0 radical (unpaired) electrons. The number of likely N-dealkylation sites (tertiary alicyclic amines) is 1. The van der Waals surface area contributed by atoms with Gasteiger partial charge in [0.1, 0.15) is 5.60 Å². The lowest BCUT2D eigenvalue weighted by Gasteiger charge is -2.33. The fraction of sp³-hybridized carbons (Fsp3) is 0.600. The predicted octanol–water partition coefficient (Wildman–Crippen LogP) is 3.96. The molecule has 1 amide bonds. The number of nitrogens with zero attached hydrogens (tertiary/aromatic N) is 2. The van der Waals surface area contributed by atoms with Gasteiger partial charge >= 0.3 is 6.09 Å². The van der Waals surface area contributed by atoms with Crippen molar-refractivity contribution in [3.05, 3.63) is 28.5 Å². The summed E-state index contributed by atoms with van der Waals surface area (Å²) in [4.78, 5) is 18.4. The summed E-state index contributed by atoms with van der Waals surface area (Å²) in [6.07, 6.45) is 3.64. The monoisotopic (exact) mass is 340 g/mol. The number of amides is 1. The molecule has 1 aliphatic rings. The molecule has 2 heterocycles. The third-order valence-corrected chi connectivity index (χ3v) is 3.71. The molecule has 0 bridgehead atoms. The lowest BCUT2D eigenvalue weighted by Crippen LogP contribution is -2.42. The second kappa shape index (κ2) is 6.12. The van der Waals surface area contributed by atoms with Gasteiger partial charge in [0.2, 0.25) is 0 Å². The van der Waals surface area contributed by atoms with Crippen molar-refractivity contribution in [1.82, 2.24) is 9.88 Å². The maximum Gasteiger partial charge on any atom is 0.410 e. The predicted molar refractivity (Wildman–Crippen MR) is 81.7 cm³/mol. The SMILES string of the molecule is CC(C)(C)OC(=O)N1CCCC(c2ccc(Br)cn2)C1. The Balaban J connectivity index is 2.01. The second-order valence-electron chi connectivity index (χ2n) is 6.17. The highest BCUT2D eigenvalue weighted by molar-refractivity contribution is 9.10. The molecule has 20 heavy (non-hydrogen) atoms. The van der Waals surface area contributed by atoms with Crippen LogP contribution in [-0.2, 0) is 4.74 Å². The van der Waals surface area contributed by atoms with Crippen LogP contribution in [0.4, 0.5) is 4.79 Å². The molecule has 1 aliphatic heterocycles. The van der Waals surface area contributed by atoms with Gasteiger partial charge in [0, 0.05) is 35.4 Å². The van der Waals surface area contributed by atoms with Crippen LogP contribution in [0.1, 0.15) is 45.2 Å². The fourth-order valence-electron chi connectivity index (χ4n) is 2.34. The van der Waals surface area contributed by atoms with Crippen molar-refractivity contribution in [3.8, 4) is 0 Å². The molecule has 1 unspecified atom stereocenters. The van der Waals surface area contributed by atoms with Gasteiger partial charge in [-0.1, -0.05) is 0 Å². The van der Waals surface area contributed by atoms with E-state index in [1.807, 2.05) is 39.1 Å². The molecule has 0 aromatic carbocycles. The van der Waals surface area contributed by atoms with Gasteiger partial charge in [-0.15, -0.1) is 0 Å². The summed E-state index contributed by atoms with van der Waals surface area (Å²) in [6, 6.07) is 4.02. The number of aromatic nitrogens is 1. The lowest BCUT2D eigenvalue weighted by molar-refractivity contribution is 0.0197. The number of halogens is 1. The average Bonchev–Trinajstić information content (AvgIpc) is 2.38. The summed E-state index contributed by atoms with van der Waals surface area (Å²) in [5.41, 5.74) is 0.598. The molecule has 1 saturated heterocycles. The van der Waals surface area contributed by atoms with Crippen LogP contribution in [0.15, 0.2) is 22.8 Å². The number of carbonyl (C=O) groups excluding carboxylic acids is 1. The van der Waals surface area contributed by atoms with Crippen molar-refractivity contribution in [2.24, 2.45) is 0 Å². The van der Waals surface area contributed by atoms with Gasteiger partial charge in [-0.3, -0.25) is 4.98 Å². The number of rotatable bonds is 1. The van der Waals surface area contributed by atoms with Crippen LogP contribution in [0, 0.1) is 0 Å². The van der Waals surface area contributed by atoms with E-state index in [0.717, 1.165) is 29.6 Å². The molecular weight excluding hydrogens is 320 g/mol. The Kier molecular flexibility index (Phi) is 4.68. The Morgan fingerprint density at radius 2 is 2.20 bits per heavy atom. The van der Waals surface area contributed by atoms with Crippen LogP contribution in [0.5, 0.6) is 0 Å². The molecular formula is C15H21BrN2O2. The molecule has 1 aromatic heterocycles. The summed E-state index contributed by atoms with van der Waals surface area (Å²) in [6.45, 7) is 7.12. The molecule has 1 atom stereocenters. The zero-order chi connectivity index (χ0) is 14.8. The minimum atomic E-state index is -0.445. The number of hydrogen-bond donors (Lipinski definition) is 0. The molecule has 110 valence electrons. The quantitative estimate of drug-likeness (QED) is 0.777.